The molecule has 1 amide bonds. The fourth-order valence-corrected chi connectivity index (χ4v) is 1.72. The molecule has 0 aliphatic carbocycles. The van der Waals surface area contributed by atoms with Gasteiger partial charge in [-0.15, -0.1) is 0 Å². The molecule has 0 aliphatic rings. The molecule has 0 bridgehead atoms. The summed E-state index contributed by atoms with van der Waals surface area (Å²) in [5, 5.41) is 3.06. The first-order valence-electron chi connectivity index (χ1n) is 6.47. The topological polar surface area (TPSA) is 58.1 Å². The summed E-state index contributed by atoms with van der Waals surface area (Å²) in [6.07, 6.45) is 4.08. The molecule has 0 atom stereocenters. The Balaban J connectivity index is 2.90. The summed E-state index contributed by atoms with van der Waals surface area (Å²) in [5.41, 5.74) is 0.399. The third kappa shape index (κ3) is 3.68. The van der Waals surface area contributed by atoms with E-state index in [2.05, 4.69) is 22.2 Å². The summed E-state index contributed by atoms with van der Waals surface area (Å²) in [5.74, 6) is 0.586. The number of hydrogen-bond acceptors (Lipinski definition) is 4. The van der Waals surface area contributed by atoms with Gasteiger partial charge in [0, 0.05) is 19.1 Å². The Bertz CT molecular complexity index is 392. The molecule has 5 heteroatoms. The molecule has 0 saturated carbocycles. The van der Waals surface area contributed by atoms with Crippen molar-refractivity contribution in [2.45, 2.75) is 40.2 Å². The minimum absolute atomic E-state index is 0.0564. The highest BCUT2D eigenvalue weighted by Crippen LogP contribution is 2.09. The molecule has 0 saturated heterocycles. The lowest BCUT2D eigenvalue weighted by atomic mass is 10.2. The van der Waals surface area contributed by atoms with Crippen LogP contribution in [0.3, 0.4) is 0 Å². The van der Waals surface area contributed by atoms with E-state index < -0.39 is 0 Å². The molecule has 0 spiro atoms. The van der Waals surface area contributed by atoms with Crippen LogP contribution in [-0.2, 0) is 0 Å². The van der Waals surface area contributed by atoms with E-state index >= 15 is 0 Å². The van der Waals surface area contributed by atoms with Crippen LogP contribution in [0.2, 0.25) is 0 Å². The zero-order chi connectivity index (χ0) is 13.5. The van der Waals surface area contributed by atoms with Crippen LogP contribution in [0.5, 0.6) is 0 Å². The number of anilines is 1. The lowest BCUT2D eigenvalue weighted by Gasteiger charge is -2.25. The normalized spacial score (nSPS) is 10.5. The van der Waals surface area contributed by atoms with Gasteiger partial charge < -0.3 is 10.2 Å². The summed E-state index contributed by atoms with van der Waals surface area (Å²) in [6, 6.07) is 0.169. The first kappa shape index (κ1) is 14.4. The van der Waals surface area contributed by atoms with E-state index in [1.54, 1.807) is 6.20 Å². The van der Waals surface area contributed by atoms with Crippen molar-refractivity contribution in [3.05, 3.63) is 18.1 Å². The number of amides is 1. The minimum Gasteiger partial charge on any atom is -0.369 e. The van der Waals surface area contributed by atoms with E-state index in [-0.39, 0.29) is 11.9 Å². The molecule has 1 rings (SSSR count). The Kier molecular flexibility index (Phi) is 5.55. The van der Waals surface area contributed by atoms with E-state index in [0.29, 0.717) is 11.5 Å². The van der Waals surface area contributed by atoms with Crippen molar-refractivity contribution in [2.24, 2.45) is 0 Å². The van der Waals surface area contributed by atoms with Gasteiger partial charge in [0.2, 0.25) is 0 Å². The molecule has 0 unspecified atom stereocenters. The van der Waals surface area contributed by atoms with Gasteiger partial charge in [-0.25, -0.2) is 4.98 Å². The molecule has 0 radical (unpaired) electrons. The summed E-state index contributed by atoms with van der Waals surface area (Å²) < 4.78 is 0. The first-order chi connectivity index (χ1) is 8.60. The van der Waals surface area contributed by atoms with Crippen LogP contribution in [0.4, 0.5) is 5.82 Å². The number of carbonyl (C=O) groups excluding carboxylic acids is 1. The lowest BCUT2D eigenvalue weighted by molar-refractivity contribution is 0.0699. The molecule has 1 aromatic rings. The maximum atomic E-state index is 12.3. The number of rotatable bonds is 6. The third-order valence-electron chi connectivity index (χ3n) is 2.56. The number of aromatic nitrogens is 2. The maximum absolute atomic E-state index is 12.3. The van der Waals surface area contributed by atoms with E-state index in [1.807, 2.05) is 25.7 Å². The monoisotopic (exact) mass is 250 g/mol. The maximum Gasteiger partial charge on any atom is 0.274 e. The molecule has 100 valence electrons. The van der Waals surface area contributed by atoms with Gasteiger partial charge in [-0.3, -0.25) is 9.78 Å². The number of hydrogen-bond donors (Lipinski definition) is 1. The zero-order valence-electron chi connectivity index (χ0n) is 11.6. The number of nitrogens with zero attached hydrogens (tertiary/aromatic N) is 3. The standard InChI is InChI=1S/C13H22N4O/c1-5-7-17(10(3)4)13(18)11-8-14-9-12(16-11)15-6-2/h8-10H,5-7H2,1-4H3,(H,15,16). The second kappa shape index (κ2) is 6.93. The van der Waals surface area contributed by atoms with Crippen LogP contribution in [0.15, 0.2) is 12.4 Å². The van der Waals surface area contributed by atoms with Crippen molar-refractivity contribution < 1.29 is 4.79 Å². The van der Waals surface area contributed by atoms with Gasteiger partial charge in [0.1, 0.15) is 11.5 Å². The third-order valence-corrected chi connectivity index (χ3v) is 2.56. The molecule has 0 fully saturated rings. The van der Waals surface area contributed by atoms with Crippen LogP contribution in [0.25, 0.3) is 0 Å². The lowest BCUT2D eigenvalue weighted by Crippen LogP contribution is -2.38. The van der Waals surface area contributed by atoms with E-state index in [9.17, 15) is 4.79 Å². The Morgan fingerprint density at radius 3 is 2.67 bits per heavy atom. The number of carbonyl (C=O) groups is 1. The van der Waals surface area contributed by atoms with Gasteiger partial charge in [-0.1, -0.05) is 6.92 Å². The van der Waals surface area contributed by atoms with Crippen molar-refractivity contribution in [1.29, 1.82) is 0 Å². The molecule has 18 heavy (non-hydrogen) atoms. The number of nitrogens with one attached hydrogen (secondary N) is 1. The van der Waals surface area contributed by atoms with E-state index in [1.165, 1.54) is 6.20 Å². The van der Waals surface area contributed by atoms with Gasteiger partial charge in [-0.05, 0) is 27.2 Å². The molecule has 0 aliphatic heterocycles. The summed E-state index contributed by atoms with van der Waals surface area (Å²) in [4.78, 5) is 22.5. The van der Waals surface area contributed by atoms with Gasteiger partial charge in [0.25, 0.3) is 5.91 Å². The highest BCUT2D eigenvalue weighted by Gasteiger charge is 2.19. The Morgan fingerprint density at radius 1 is 1.39 bits per heavy atom. The van der Waals surface area contributed by atoms with E-state index in [0.717, 1.165) is 19.5 Å². The minimum atomic E-state index is -0.0564. The average Bonchev–Trinajstić information content (AvgIpc) is 2.35. The summed E-state index contributed by atoms with van der Waals surface area (Å²) in [6.45, 7) is 9.56. The Hall–Kier alpha value is -1.65. The zero-order valence-corrected chi connectivity index (χ0v) is 11.6. The largest absolute Gasteiger partial charge is 0.369 e. The van der Waals surface area contributed by atoms with Crippen molar-refractivity contribution in [1.82, 2.24) is 14.9 Å². The molecule has 1 aromatic heterocycles. The highest BCUT2D eigenvalue weighted by molar-refractivity contribution is 5.92. The first-order valence-corrected chi connectivity index (χ1v) is 6.47. The van der Waals surface area contributed by atoms with Crippen LogP contribution in [0.1, 0.15) is 44.6 Å². The average molecular weight is 250 g/mol. The summed E-state index contributed by atoms with van der Waals surface area (Å²) in [7, 11) is 0. The molecule has 0 aromatic carbocycles. The van der Waals surface area contributed by atoms with Crippen LogP contribution >= 0.6 is 0 Å². The molecule has 1 N–H and O–H groups in total. The molecular weight excluding hydrogens is 228 g/mol. The van der Waals surface area contributed by atoms with Crippen LogP contribution in [-0.4, -0.2) is 39.9 Å². The highest BCUT2D eigenvalue weighted by atomic mass is 16.2. The SMILES string of the molecule is CCCN(C(=O)c1cncc(NCC)n1)C(C)C. The predicted molar refractivity (Wildman–Crippen MR) is 72.7 cm³/mol. The van der Waals surface area contributed by atoms with Crippen molar-refractivity contribution in [3.8, 4) is 0 Å². The van der Waals surface area contributed by atoms with Crippen molar-refractivity contribution in [2.75, 3.05) is 18.4 Å². The van der Waals surface area contributed by atoms with Gasteiger partial charge >= 0.3 is 0 Å². The predicted octanol–water partition coefficient (Wildman–Crippen LogP) is 2.17. The van der Waals surface area contributed by atoms with Crippen molar-refractivity contribution >= 4 is 11.7 Å². The van der Waals surface area contributed by atoms with E-state index in [4.69, 9.17) is 0 Å². The Labute approximate surface area is 109 Å². The molecule has 1 heterocycles. The summed E-state index contributed by atoms with van der Waals surface area (Å²) >= 11 is 0. The molecular formula is C13H22N4O. The second-order valence-corrected chi connectivity index (χ2v) is 4.41. The van der Waals surface area contributed by atoms with Crippen LogP contribution in [0, 0.1) is 0 Å². The van der Waals surface area contributed by atoms with Gasteiger partial charge in [0.05, 0.1) is 12.4 Å². The van der Waals surface area contributed by atoms with Crippen LogP contribution < -0.4 is 5.32 Å². The van der Waals surface area contributed by atoms with Crippen molar-refractivity contribution in [3.63, 3.8) is 0 Å². The quantitative estimate of drug-likeness (QED) is 0.840. The molecule has 5 nitrogen and oxygen atoms in total. The fourth-order valence-electron chi connectivity index (χ4n) is 1.72. The second-order valence-electron chi connectivity index (χ2n) is 4.41. The fraction of sp³-hybridized carbons (Fsp3) is 0.615. The smallest absolute Gasteiger partial charge is 0.274 e. The van der Waals surface area contributed by atoms with Gasteiger partial charge in [-0.2, -0.15) is 0 Å². The van der Waals surface area contributed by atoms with Gasteiger partial charge in [0.15, 0.2) is 0 Å². The Morgan fingerprint density at radius 2 is 2.11 bits per heavy atom.